The quantitative estimate of drug-likeness (QED) is 0.720. The molecule has 0 saturated carbocycles. The standard InChI is InChI=1S/C19H17NO2/c21-18-8-4-3-7-17(18)12-20-13-19(22)16-10-9-14-5-1-2-6-15(14)11-16/h1-12,19,21-22H,13H2. The summed E-state index contributed by atoms with van der Waals surface area (Å²) in [6, 6.07) is 20.9. The fraction of sp³-hybridized carbons (Fsp3) is 0.105. The summed E-state index contributed by atoms with van der Waals surface area (Å²) >= 11 is 0. The van der Waals surface area contributed by atoms with Crippen LogP contribution in [-0.4, -0.2) is 23.0 Å². The molecular weight excluding hydrogens is 274 g/mol. The highest BCUT2D eigenvalue weighted by Crippen LogP contribution is 2.21. The van der Waals surface area contributed by atoms with Gasteiger partial charge in [-0.15, -0.1) is 0 Å². The van der Waals surface area contributed by atoms with E-state index < -0.39 is 6.10 Å². The molecule has 0 fully saturated rings. The Kier molecular flexibility index (Phi) is 4.17. The first-order valence-corrected chi connectivity index (χ1v) is 7.18. The molecule has 0 aliphatic rings. The SMILES string of the molecule is Oc1ccccc1C=NCC(O)c1ccc2ccccc2c1. The molecule has 1 atom stereocenters. The number of phenols is 1. The maximum Gasteiger partial charge on any atom is 0.124 e. The fourth-order valence-electron chi connectivity index (χ4n) is 2.37. The Labute approximate surface area is 129 Å². The van der Waals surface area contributed by atoms with E-state index in [1.165, 1.54) is 0 Å². The van der Waals surface area contributed by atoms with Crippen LogP contribution in [0.3, 0.4) is 0 Å². The molecule has 110 valence electrons. The average Bonchev–Trinajstić information content (AvgIpc) is 2.56. The van der Waals surface area contributed by atoms with Gasteiger partial charge in [0, 0.05) is 11.8 Å². The zero-order valence-corrected chi connectivity index (χ0v) is 12.1. The van der Waals surface area contributed by atoms with Gasteiger partial charge < -0.3 is 10.2 Å². The summed E-state index contributed by atoms with van der Waals surface area (Å²) in [6.07, 6.45) is 0.922. The van der Waals surface area contributed by atoms with E-state index in [4.69, 9.17) is 0 Å². The number of para-hydroxylation sites is 1. The largest absolute Gasteiger partial charge is 0.507 e. The molecule has 0 bridgehead atoms. The van der Waals surface area contributed by atoms with Gasteiger partial charge in [0.1, 0.15) is 5.75 Å². The van der Waals surface area contributed by atoms with Crippen molar-refractivity contribution in [3.8, 4) is 5.75 Å². The number of phenolic OH excluding ortho intramolecular Hbond substituents is 1. The van der Waals surface area contributed by atoms with E-state index in [0.717, 1.165) is 16.3 Å². The lowest BCUT2D eigenvalue weighted by atomic mass is 10.0. The summed E-state index contributed by atoms with van der Waals surface area (Å²) in [5.41, 5.74) is 1.49. The van der Waals surface area contributed by atoms with Crippen molar-refractivity contribution in [2.75, 3.05) is 6.54 Å². The van der Waals surface area contributed by atoms with Gasteiger partial charge >= 0.3 is 0 Å². The predicted octanol–water partition coefficient (Wildman–Crippen LogP) is 3.70. The van der Waals surface area contributed by atoms with Gasteiger partial charge in [-0.1, -0.05) is 48.5 Å². The highest BCUT2D eigenvalue weighted by molar-refractivity contribution is 5.84. The first-order chi connectivity index (χ1) is 10.7. The molecule has 3 aromatic rings. The molecule has 0 heterocycles. The highest BCUT2D eigenvalue weighted by Gasteiger charge is 2.07. The molecule has 0 saturated heterocycles. The first-order valence-electron chi connectivity index (χ1n) is 7.18. The lowest BCUT2D eigenvalue weighted by Crippen LogP contribution is -2.01. The van der Waals surface area contributed by atoms with Crippen LogP contribution in [-0.2, 0) is 0 Å². The van der Waals surface area contributed by atoms with E-state index in [2.05, 4.69) is 4.99 Å². The third kappa shape index (κ3) is 3.15. The second kappa shape index (κ2) is 6.41. The lowest BCUT2D eigenvalue weighted by molar-refractivity contribution is 0.187. The van der Waals surface area contributed by atoms with E-state index in [-0.39, 0.29) is 12.3 Å². The van der Waals surface area contributed by atoms with Crippen LogP contribution in [0.2, 0.25) is 0 Å². The molecule has 3 aromatic carbocycles. The molecule has 0 spiro atoms. The number of benzene rings is 3. The van der Waals surface area contributed by atoms with E-state index in [1.807, 2.05) is 48.5 Å². The third-order valence-electron chi connectivity index (χ3n) is 3.60. The van der Waals surface area contributed by atoms with Crippen LogP contribution in [0.15, 0.2) is 71.7 Å². The Balaban J connectivity index is 1.73. The Morgan fingerprint density at radius 2 is 1.64 bits per heavy atom. The molecule has 3 rings (SSSR count). The second-order valence-corrected chi connectivity index (χ2v) is 5.18. The van der Waals surface area contributed by atoms with Crippen LogP contribution in [0.5, 0.6) is 5.75 Å². The summed E-state index contributed by atoms with van der Waals surface area (Å²) < 4.78 is 0. The maximum atomic E-state index is 10.3. The van der Waals surface area contributed by atoms with Crippen molar-refractivity contribution in [2.45, 2.75) is 6.10 Å². The normalized spacial score (nSPS) is 12.8. The summed E-state index contributed by atoms with van der Waals surface area (Å²) in [7, 11) is 0. The van der Waals surface area contributed by atoms with E-state index >= 15 is 0 Å². The number of aliphatic hydroxyl groups excluding tert-OH is 1. The summed E-state index contributed by atoms with van der Waals surface area (Å²) in [5.74, 6) is 0.187. The summed E-state index contributed by atoms with van der Waals surface area (Å²) in [6.45, 7) is 0.257. The van der Waals surface area contributed by atoms with Crippen molar-refractivity contribution in [3.63, 3.8) is 0 Å². The first kappa shape index (κ1) is 14.3. The Hall–Kier alpha value is -2.65. The van der Waals surface area contributed by atoms with E-state index in [0.29, 0.717) is 5.56 Å². The zero-order chi connectivity index (χ0) is 15.4. The third-order valence-corrected chi connectivity index (χ3v) is 3.60. The smallest absolute Gasteiger partial charge is 0.124 e. The molecule has 0 aliphatic heterocycles. The summed E-state index contributed by atoms with van der Waals surface area (Å²) in [5, 5.41) is 22.2. The topological polar surface area (TPSA) is 52.8 Å². The van der Waals surface area contributed by atoms with Crippen molar-refractivity contribution >= 4 is 17.0 Å². The molecule has 3 heteroatoms. The minimum Gasteiger partial charge on any atom is -0.507 e. The van der Waals surface area contributed by atoms with Gasteiger partial charge in [0.2, 0.25) is 0 Å². The fourth-order valence-corrected chi connectivity index (χ4v) is 2.37. The molecule has 1 unspecified atom stereocenters. The molecule has 2 N–H and O–H groups in total. The van der Waals surface area contributed by atoms with E-state index in [9.17, 15) is 10.2 Å². The van der Waals surface area contributed by atoms with Crippen LogP contribution in [0.25, 0.3) is 10.8 Å². The van der Waals surface area contributed by atoms with Crippen molar-refractivity contribution in [2.24, 2.45) is 4.99 Å². The van der Waals surface area contributed by atoms with Crippen LogP contribution in [0.1, 0.15) is 17.2 Å². The van der Waals surface area contributed by atoms with Crippen LogP contribution in [0, 0.1) is 0 Å². The number of aromatic hydroxyl groups is 1. The molecule has 3 nitrogen and oxygen atoms in total. The van der Waals surface area contributed by atoms with Crippen molar-refractivity contribution in [3.05, 3.63) is 77.9 Å². The number of nitrogens with zero attached hydrogens (tertiary/aromatic N) is 1. The second-order valence-electron chi connectivity index (χ2n) is 5.18. The molecule has 0 amide bonds. The number of hydrogen-bond acceptors (Lipinski definition) is 3. The predicted molar refractivity (Wildman–Crippen MR) is 89.5 cm³/mol. The number of aliphatic imine (C=N–C) groups is 1. The Bertz CT molecular complexity index is 811. The zero-order valence-electron chi connectivity index (χ0n) is 12.1. The van der Waals surface area contributed by atoms with Crippen molar-refractivity contribution in [1.82, 2.24) is 0 Å². The molecule has 0 aromatic heterocycles. The molecule has 22 heavy (non-hydrogen) atoms. The molecular formula is C19H17NO2. The maximum absolute atomic E-state index is 10.3. The average molecular weight is 291 g/mol. The number of aliphatic hydroxyl groups is 1. The monoisotopic (exact) mass is 291 g/mol. The van der Waals surface area contributed by atoms with Crippen LogP contribution in [0.4, 0.5) is 0 Å². The number of hydrogen-bond donors (Lipinski definition) is 2. The van der Waals surface area contributed by atoms with Gasteiger partial charge in [-0.3, -0.25) is 4.99 Å². The Morgan fingerprint density at radius 1 is 0.909 bits per heavy atom. The summed E-state index contributed by atoms with van der Waals surface area (Å²) in [4.78, 5) is 4.22. The van der Waals surface area contributed by atoms with Crippen LogP contribution >= 0.6 is 0 Å². The highest BCUT2D eigenvalue weighted by atomic mass is 16.3. The van der Waals surface area contributed by atoms with Gasteiger partial charge in [-0.05, 0) is 34.5 Å². The minimum atomic E-state index is -0.660. The van der Waals surface area contributed by atoms with Crippen molar-refractivity contribution in [1.29, 1.82) is 0 Å². The van der Waals surface area contributed by atoms with Gasteiger partial charge in [0.25, 0.3) is 0 Å². The lowest BCUT2D eigenvalue weighted by Gasteiger charge is -2.09. The van der Waals surface area contributed by atoms with Gasteiger partial charge in [-0.2, -0.15) is 0 Å². The Morgan fingerprint density at radius 3 is 2.45 bits per heavy atom. The van der Waals surface area contributed by atoms with E-state index in [1.54, 1.807) is 24.4 Å². The van der Waals surface area contributed by atoms with Gasteiger partial charge in [-0.25, -0.2) is 0 Å². The van der Waals surface area contributed by atoms with Crippen LogP contribution < -0.4 is 0 Å². The van der Waals surface area contributed by atoms with Gasteiger partial charge in [0.15, 0.2) is 0 Å². The number of fused-ring (bicyclic) bond motifs is 1. The van der Waals surface area contributed by atoms with Crippen molar-refractivity contribution < 1.29 is 10.2 Å². The molecule has 0 radical (unpaired) electrons. The minimum absolute atomic E-state index is 0.187. The number of rotatable bonds is 4. The van der Waals surface area contributed by atoms with Gasteiger partial charge in [0.05, 0.1) is 12.6 Å². The molecule has 0 aliphatic carbocycles.